The van der Waals surface area contributed by atoms with Crippen molar-refractivity contribution < 1.29 is 0 Å². The van der Waals surface area contributed by atoms with Gasteiger partial charge in [0.2, 0.25) is 0 Å². The van der Waals surface area contributed by atoms with E-state index in [1.807, 2.05) is 6.20 Å². The predicted molar refractivity (Wildman–Crippen MR) is 260 cm³/mol. The van der Waals surface area contributed by atoms with Crippen LogP contribution in [0.4, 0.5) is 0 Å². The fraction of sp³-hybridized carbons (Fsp3) is 0.321. The maximum absolute atomic E-state index is 5.69. The lowest BCUT2D eigenvalue weighted by Crippen LogP contribution is -2.19. The first kappa shape index (κ1) is 40.5. The first-order valence-corrected chi connectivity index (χ1v) is 22.2. The lowest BCUT2D eigenvalue weighted by atomic mass is 9.76. The Morgan fingerprint density at radius 3 is 1.54 bits per heavy atom. The largest absolute Gasteiger partial charge is 0.309 e. The van der Waals surface area contributed by atoms with Crippen LogP contribution in [0, 0.1) is 0 Å². The summed E-state index contributed by atoms with van der Waals surface area (Å²) >= 11 is 0. The quantitative estimate of drug-likeness (QED) is 0.168. The molecule has 5 nitrogen and oxygen atoms in total. The third kappa shape index (κ3) is 6.68. The molecular weight excluding hydrogens is 743 g/mol. The minimum Gasteiger partial charge on any atom is -0.309 e. The topological polar surface area (TPSA) is 40.6 Å². The van der Waals surface area contributed by atoms with Crippen molar-refractivity contribution in [1.82, 2.24) is 23.9 Å². The van der Waals surface area contributed by atoms with E-state index < -0.39 is 0 Å². The molecule has 5 heteroatoms. The molecule has 61 heavy (non-hydrogen) atoms. The number of pyridine rings is 1. The van der Waals surface area contributed by atoms with E-state index >= 15 is 0 Å². The Bertz CT molecular complexity index is 3110. The van der Waals surface area contributed by atoms with Crippen LogP contribution in [0.1, 0.15) is 130 Å². The van der Waals surface area contributed by atoms with E-state index in [-0.39, 0.29) is 16.2 Å². The van der Waals surface area contributed by atoms with Crippen LogP contribution < -0.4 is 0 Å². The van der Waals surface area contributed by atoms with Gasteiger partial charge in [-0.05, 0) is 88.0 Å². The van der Waals surface area contributed by atoms with Gasteiger partial charge in [0.1, 0.15) is 5.82 Å². The fourth-order valence-corrected chi connectivity index (χ4v) is 9.62. The molecule has 0 aliphatic rings. The summed E-state index contributed by atoms with van der Waals surface area (Å²) in [6.07, 6.45) is 1.96. The number of nitrogens with zero attached hydrogens (tertiary/aromatic N) is 5. The van der Waals surface area contributed by atoms with E-state index in [1.54, 1.807) is 0 Å². The average molecular weight is 804 g/mol. The molecule has 5 aromatic carbocycles. The van der Waals surface area contributed by atoms with E-state index in [2.05, 4.69) is 219 Å². The van der Waals surface area contributed by atoms with E-state index in [0.717, 1.165) is 39.4 Å². The highest BCUT2D eigenvalue weighted by Crippen LogP contribution is 2.47. The van der Waals surface area contributed by atoms with Gasteiger partial charge in [-0.15, -0.1) is 0 Å². The predicted octanol–water partition coefficient (Wildman–Crippen LogP) is 15.3. The Kier molecular flexibility index (Phi) is 9.51. The van der Waals surface area contributed by atoms with E-state index in [0.29, 0.717) is 11.8 Å². The fourth-order valence-electron chi connectivity index (χ4n) is 9.62. The van der Waals surface area contributed by atoms with Gasteiger partial charge in [0.05, 0.1) is 39.1 Å². The lowest BCUT2D eigenvalue weighted by Gasteiger charge is -2.28. The third-order valence-electron chi connectivity index (χ3n) is 12.6. The van der Waals surface area contributed by atoms with Gasteiger partial charge in [0, 0.05) is 49.8 Å². The van der Waals surface area contributed by atoms with Crippen LogP contribution in [0.5, 0.6) is 0 Å². The zero-order valence-electron chi connectivity index (χ0n) is 38.4. The Labute approximate surface area is 362 Å². The zero-order chi connectivity index (χ0) is 43.3. The van der Waals surface area contributed by atoms with E-state index in [4.69, 9.17) is 10.1 Å². The van der Waals surface area contributed by atoms with Crippen LogP contribution in [0.2, 0.25) is 0 Å². The van der Waals surface area contributed by atoms with Crippen LogP contribution in [-0.2, 0) is 16.2 Å². The molecule has 0 N–H and O–H groups in total. The van der Waals surface area contributed by atoms with Crippen molar-refractivity contribution in [2.24, 2.45) is 0 Å². The second-order valence-corrected chi connectivity index (χ2v) is 20.9. The smallest absolute Gasteiger partial charge is 0.137 e. The molecule has 0 unspecified atom stereocenters. The molecule has 9 rings (SSSR count). The van der Waals surface area contributed by atoms with Crippen molar-refractivity contribution in [1.29, 1.82) is 0 Å². The number of hydrogen-bond acceptors (Lipinski definition) is 2. The van der Waals surface area contributed by atoms with Crippen LogP contribution >= 0.6 is 0 Å². The molecule has 4 heterocycles. The van der Waals surface area contributed by atoms with Crippen molar-refractivity contribution in [3.8, 4) is 28.3 Å². The number of rotatable bonds is 6. The highest BCUT2D eigenvalue weighted by atomic mass is 15.3. The van der Waals surface area contributed by atoms with Crippen LogP contribution in [0.3, 0.4) is 0 Å². The molecule has 0 amide bonds. The lowest BCUT2D eigenvalue weighted by molar-refractivity contribution is 0.537. The van der Waals surface area contributed by atoms with Gasteiger partial charge < -0.3 is 4.57 Å². The van der Waals surface area contributed by atoms with Gasteiger partial charge in [-0.25, -0.2) is 9.67 Å². The molecular formula is C56H61N5. The van der Waals surface area contributed by atoms with Gasteiger partial charge >= 0.3 is 0 Å². The minimum absolute atomic E-state index is 0.00729. The van der Waals surface area contributed by atoms with Gasteiger partial charge in [-0.2, -0.15) is 5.10 Å². The molecule has 0 aliphatic heterocycles. The Balaban J connectivity index is 1.34. The monoisotopic (exact) mass is 803 g/mol. The Morgan fingerprint density at radius 1 is 0.459 bits per heavy atom. The van der Waals surface area contributed by atoms with Crippen molar-refractivity contribution >= 4 is 43.6 Å². The summed E-state index contributed by atoms with van der Waals surface area (Å²) in [6.45, 7) is 30.1. The molecule has 4 aromatic heterocycles. The number of fused-ring (bicyclic) bond motifs is 6. The molecule has 0 atom stereocenters. The molecule has 0 saturated heterocycles. The number of hydrogen-bond donors (Lipinski definition) is 0. The molecule has 0 bridgehead atoms. The summed E-state index contributed by atoms with van der Waals surface area (Å²) in [7, 11) is 0. The Morgan fingerprint density at radius 2 is 0.984 bits per heavy atom. The zero-order valence-corrected chi connectivity index (χ0v) is 38.4. The third-order valence-corrected chi connectivity index (χ3v) is 12.6. The summed E-state index contributed by atoms with van der Waals surface area (Å²) < 4.78 is 7.08. The van der Waals surface area contributed by atoms with Crippen molar-refractivity contribution in [2.45, 2.75) is 118 Å². The summed E-state index contributed by atoms with van der Waals surface area (Å²) in [5.41, 5.74) is 15.4. The average Bonchev–Trinajstić information content (AvgIpc) is 3.88. The summed E-state index contributed by atoms with van der Waals surface area (Å²) in [4.78, 5) is 4.99. The first-order chi connectivity index (χ1) is 28.8. The molecule has 310 valence electrons. The second-order valence-electron chi connectivity index (χ2n) is 20.9. The summed E-state index contributed by atoms with van der Waals surface area (Å²) in [5.74, 6) is 1.65. The first-order valence-electron chi connectivity index (χ1n) is 22.2. The molecule has 0 radical (unpaired) electrons. The van der Waals surface area contributed by atoms with Crippen molar-refractivity contribution in [3.05, 3.63) is 150 Å². The van der Waals surface area contributed by atoms with Crippen LogP contribution in [0.25, 0.3) is 71.9 Å². The number of aromatic nitrogens is 5. The highest BCUT2D eigenvalue weighted by molar-refractivity contribution is 6.12. The molecule has 0 fully saturated rings. The molecule has 0 saturated carbocycles. The van der Waals surface area contributed by atoms with Crippen molar-refractivity contribution in [2.75, 3.05) is 0 Å². The van der Waals surface area contributed by atoms with Gasteiger partial charge in [-0.3, -0.25) is 4.57 Å². The second kappa shape index (κ2) is 14.3. The molecule has 0 aliphatic carbocycles. The summed E-state index contributed by atoms with van der Waals surface area (Å²) in [6, 6.07) is 42.8. The van der Waals surface area contributed by atoms with Crippen LogP contribution in [0.15, 0.2) is 121 Å². The van der Waals surface area contributed by atoms with Crippen LogP contribution in [-0.4, -0.2) is 23.9 Å². The van der Waals surface area contributed by atoms with Gasteiger partial charge in [-0.1, -0.05) is 157 Å². The number of para-hydroxylation sites is 2. The molecule has 0 spiro atoms. The van der Waals surface area contributed by atoms with Gasteiger partial charge in [0.25, 0.3) is 0 Å². The normalized spacial score (nSPS) is 13.0. The van der Waals surface area contributed by atoms with Gasteiger partial charge in [0.15, 0.2) is 0 Å². The SMILES string of the molecule is CC(C)c1cccc(C(C)C)c1-c1c(C(C)(C)C)nn(-c2ccc3c4ccccc4n(-c4ccc5c6ccccc6n(-c6cc(C(C)(C)C)ccn6)c5c4)c3c2)c1C(C)(C)C. The maximum Gasteiger partial charge on any atom is 0.137 e. The standard InChI is InChI=1S/C56H61N5/c1-34(2)39-21-18-22-40(35(3)4)50(39)51-52(55(8,9)10)58-61(53(51)56(11,12)13)38-26-28-43-41-19-14-16-23-45(41)59(47(43)33-38)37-25-27-44-42-20-15-17-24-46(42)60(48(44)32-37)49-31-36(29-30-57-49)54(5,6)7/h14-35H,1-13H3. The minimum atomic E-state index is -0.220. The van der Waals surface area contributed by atoms with E-state index in [1.165, 1.54) is 60.6 Å². The maximum atomic E-state index is 5.69. The molecule has 9 aromatic rings. The highest BCUT2D eigenvalue weighted by Gasteiger charge is 2.36. The summed E-state index contributed by atoms with van der Waals surface area (Å²) in [5, 5.41) is 10.6. The van der Waals surface area contributed by atoms with Crippen molar-refractivity contribution in [3.63, 3.8) is 0 Å². The Hall–Kier alpha value is -5.94. The number of benzene rings is 5. The van der Waals surface area contributed by atoms with E-state index in [9.17, 15) is 0 Å².